The van der Waals surface area contributed by atoms with Crippen LogP contribution in [0.1, 0.15) is 32.0 Å². The van der Waals surface area contributed by atoms with Crippen molar-refractivity contribution in [1.82, 2.24) is 20.1 Å². The number of nitrogens with one attached hydrogen (secondary N) is 2. The lowest BCUT2D eigenvalue weighted by Gasteiger charge is -2.29. The van der Waals surface area contributed by atoms with E-state index in [4.69, 9.17) is 11.6 Å². The van der Waals surface area contributed by atoms with Crippen molar-refractivity contribution in [3.63, 3.8) is 0 Å². The van der Waals surface area contributed by atoms with E-state index in [0.717, 1.165) is 0 Å². The first-order valence-corrected chi connectivity index (χ1v) is 11.4. The first kappa shape index (κ1) is 23.3. The van der Waals surface area contributed by atoms with Gasteiger partial charge in [-0.2, -0.15) is 5.10 Å². The van der Waals surface area contributed by atoms with Crippen LogP contribution in [0.5, 0.6) is 0 Å². The highest BCUT2D eigenvalue weighted by Crippen LogP contribution is 2.30. The average Bonchev–Trinajstić information content (AvgIpc) is 3.38. The third-order valence-electron chi connectivity index (χ3n) is 6.01. The van der Waals surface area contributed by atoms with Gasteiger partial charge < -0.3 is 15.3 Å². The Balaban J connectivity index is 1.57. The van der Waals surface area contributed by atoms with Gasteiger partial charge in [0.15, 0.2) is 0 Å². The minimum absolute atomic E-state index is 0.0660. The number of H-pyrrole nitrogens is 1. The predicted molar refractivity (Wildman–Crippen MR) is 133 cm³/mol. The number of halogens is 1. The number of fused-ring (bicyclic) bond motifs is 1. The summed E-state index contributed by atoms with van der Waals surface area (Å²) in [6.45, 7) is 0.0660. The van der Waals surface area contributed by atoms with Crippen LogP contribution in [0.4, 0.5) is 5.69 Å². The van der Waals surface area contributed by atoms with Gasteiger partial charge in [-0.05, 0) is 53.6 Å². The molecule has 2 amide bonds. The minimum Gasteiger partial charge on any atom is -0.478 e. The molecule has 0 radical (unpaired) electrons. The van der Waals surface area contributed by atoms with E-state index in [9.17, 15) is 19.5 Å². The van der Waals surface area contributed by atoms with Gasteiger partial charge in [0.25, 0.3) is 5.91 Å². The number of hydrogen-bond donors (Lipinski definition) is 3. The topological polar surface area (TPSA) is 128 Å². The van der Waals surface area contributed by atoms with Crippen molar-refractivity contribution in [3.8, 4) is 11.1 Å². The number of rotatable bonds is 6. The van der Waals surface area contributed by atoms with Crippen LogP contribution in [0.2, 0.25) is 5.02 Å². The Bertz CT molecular complexity index is 1460. The summed E-state index contributed by atoms with van der Waals surface area (Å²) in [4.78, 5) is 44.7. The summed E-state index contributed by atoms with van der Waals surface area (Å²) in [6.07, 6.45) is 4.95. The maximum absolute atomic E-state index is 13.7. The Labute approximate surface area is 210 Å². The van der Waals surface area contributed by atoms with Crippen LogP contribution in [0.15, 0.2) is 73.2 Å². The molecule has 36 heavy (non-hydrogen) atoms. The summed E-state index contributed by atoms with van der Waals surface area (Å²) in [5.74, 6) is -1.80. The zero-order chi connectivity index (χ0) is 25.2. The Kier molecular flexibility index (Phi) is 6.22. The molecule has 3 heterocycles. The fourth-order valence-corrected chi connectivity index (χ4v) is 4.44. The Morgan fingerprint density at radius 3 is 2.67 bits per heavy atom. The van der Waals surface area contributed by atoms with Gasteiger partial charge in [-0.3, -0.25) is 19.7 Å². The Hall–Kier alpha value is -4.50. The second-order valence-corrected chi connectivity index (χ2v) is 8.76. The standard InChI is InChI=1S/C26H20ClN5O4/c27-17-5-7-20-22(10-17)31-24(33)23(11-18-3-1-2-8-28-18)32(25(20)34)14-15-4-6-19(26(35)36)21(9-15)16-12-29-30-13-16/h1-10,12-13,23H,11,14H2,(H,29,30)(H,31,33)(H,35,36). The van der Waals surface area contributed by atoms with Crippen LogP contribution in [0, 0.1) is 0 Å². The molecule has 1 atom stereocenters. The largest absolute Gasteiger partial charge is 0.478 e. The lowest BCUT2D eigenvalue weighted by molar-refractivity contribution is -0.120. The van der Waals surface area contributed by atoms with E-state index < -0.39 is 12.0 Å². The number of aromatic amines is 1. The molecule has 0 saturated carbocycles. The van der Waals surface area contributed by atoms with Gasteiger partial charge in [0.2, 0.25) is 5.91 Å². The van der Waals surface area contributed by atoms with E-state index in [-0.39, 0.29) is 30.3 Å². The Morgan fingerprint density at radius 1 is 1.08 bits per heavy atom. The third kappa shape index (κ3) is 4.56. The number of pyridine rings is 1. The molecule has 0 bridgehead atoms. The van der Waals surface area contributed by atoms with E-state index in [2.05, 4.69) is 20.5 Å². The van der Waals surface area contributed by atoms with Gasteiger partial charge in [0.1, 0.15) is 6.04 Å². The number of hydrogen-bond acceptors (Lipinski definition) is 5. The molecule has 5 rings (SSSR count). The van der Waals surface area contributed by atoms with Gasteiger partial charge in [0, 0.05) is 41.6 Å². The number of carboxylic acid groups (broad SMARTS) is 1. The summed E-state index contributed by atoms with van der Waals surface area (Å²) < 4.78 is 0. The van der Waals surface area contributed by atoms with Gasteiger partial charge in [-0.25, -0.2) is 4.79 Å². The van der Waals surface area contributed by atoms with Crippen molar-refractivity contribution in [2.75, 3.05) is 5.32 Å². The molecule has 1 aliphatic rings. The smallest absolute Gasteiger partial charge is 0.336 e. The normalized spacial score (nSPS) is 15.2. The highest BCUT2D eigenvalue weighted by molar-refractivity contribution is 6.31. The molecule has 180 valence electrons. The second kappa shape index (κ2) is 9.63. The molecule has 4 aromatic rings. The summed E-state index contributed by atoms with van der Waals surface area (Å²) >= 11 is 6.12. The maximum Gasteiger partial charge on any atom is 0.336 e. The van der Waals surface area contributed by atoms with Crippen LogP contribution >= 0.6 is 11.6 Å². The number of aromatic nitrogens is 3. The van der Waals surface area contributed by atoms with E-state index in [1.807, 2.05) is 6.07 Å². The molecule has 1 unspecified atom stereocenters. The monoisotopic (exact) mass is 501 g/mol. The summed E-state index contributed by atoms with van der Waals surface area (Å²) in [5, 5.41) is 19.5. The van der Waals surface area contributed by atoms with Crippen LogP contribution in [0.25, 0.3) is 11.1 Å². The molecule has 0 aliphatic carbocycles. The van der Waals surface area contributed by atoms with E-state index in [1.54, 1.807) is 54.9 Å². The summed E-state index contributed by atoms with van der Waals surface area (Å²) in [7, 11) is 0. The number of carboxylic acids is 1. The van der Waals surface area contributed by atoms with Crippen molar-refractivity contribution < 1.29 is 19.5 Å². The van der Waals surface area contributed by atoms with Gasteiger partial charge >= 0.3 is 5.97 Å². The van der Waals surface area contributed by atoms with Gasteiger partial charge in [-0.15, -0.1) is 0 Å². The lowest BCUT2D eigenvalue weighted by atomic mass is 9.98. The van der Waals surface area contributed by atoms with E-state index in [0.29, 0.717) is 38.7 Å². The van der Waals surface area contributed by atoms with Gasteiger partial charge in [-0.1, -0.05) is 23.7 Å². The minimum atomic E-state index is -1.08. The number of amides is 2. The van der Waals surface area contributed by atoms with Crippen molar-refractivity contribution in [2.24, 2.45) is 0 Å². The quantitative estimate of drug-likeness (QED) is 0.366. The molecule has 9 nitrogen and oxygen atoms in total. The van der Waals surface area contributed by atoms with Crippen LogP contribution in [-0.4, -0.2) is 49.0 Å². The first-order chi connectivity index (χ1) is 17.4. The van der Waals surface area contributed by atoms with Crippen LogP contribution in [-0.2, 0) is 17.8 Å². The second-order valence-electron chi connectivity index (χ2n) is 8.33. The molecular formula is C26H20ClN5O4. The molecule has 2 aromatic carbocycles. The highest BCUT2D eigenvalue weighted by atomic mass is 35.5. The lowest BCUT2D eigenvalue weighted by Crippen LogP contribution is -2.46. The molecule has 2 aromatic heterocycles. The average molecular weight is 502 g/mol. The Morgan fingerprint density at radius 2 is 1.94 bits per heavy atom. The molecule has 1 aliphatic heterocycles. The number of carbonyl (C=O) groups is 3. The molecule has 0 saturated heterocycles. The molecule has 0 spiro atoms. The fourth-order valence-electron chi connectivity index (χ4n) is 4.27. The molecule has 3 N–H and O–H groups in total. The number of benzene rings is 2. The van der Waals surface area contributed by atoms with Crippen molar-refractivity contribution >= 4 is 35.1 Å². The highest BCUT2D eigenvalue weighted by Gasteiger charge is 2.36. The third-order valence-corrected chi connectivity index (χ3v) is 6.25. The van der Waals surface area contributed by atoms with E-state index >= 15 is 0 Å². The number of aromatic carboxylic acids is 1. The zero-order valence-corrected chi connectivity index (χ0v) is 19.6. The predicted octanol–water partition coefficient (Wildman–Crippen LogP) is 4.03. The fraction of sp³-hybridized carbons (Fsp3) is 0.115. The summed E-state index contributed by atoms with van der Waals surface area (Å²) in [5.41, 5.74) is 3.11. The van der Waals surface area contributed by atoms with Crippen molar-refractivity contribution in [1.29, 1.82) is 0 Å². The zero-order valence-electron chi connectivity index (χ0n) is 18.8. The van der Waals surface area contributed by atoms with Crippen molar-refractivity contribution in [3.05, 3.63) is 101 Å². The van der Waals surface area contributed by atoms with Crippen LogP contribution < -0.4 is 5.32 Å². The van der Waals surface area contributed by atoms with Crippen LogP contribution in [0.3, 0.4) is 0 Å². The van der Waals surface area contributed by atoms with Crippen molar-refractivity contribution in [2.45, 2.75) is 19.0 Å². The number of nitrogens with zero attached hydrogens (tertiary/aromatic N) is 3. The maximum atomic E-state index is 13.7. The number of carbonyl (C=O) groups excluding carboxylic acids is 2. The SMILES string of the molecule is O=C(O)c1ccc(CN2C(=O)c3ccc(Cl)cc3NC(=O)C2Cc2ccccn2)cc1-c1cn[nH]c1. The van der Waals surface area contributed by atoms with E-state index in [1.165, 1.54) is 17.2 Å². The summed E-state index contributed by atoms with van der Waals surface area (Å²) in [6, 6.07) is 14.1. The molecule has 10 heteroatoms. The first-order valence-electron chi connectivity index (χ1n) is 11.1. The van der Waals surface area contributed by atoms with Gasteiger partial charge in [0.05, 0.1) is 23.0 Å². The molecular weight excluding hydrogens is 482 g/mol. The molecule has 0 fully saturated rings. The number of anilines is 1.